The van der Waals surface area contributed by atoms with E-state index in [0.29, 0.717) is 34.4 Å². The average Bonchev–Trinajstić information content (AvgIpc) is 2.58. The zero-order chi connectivity index (χ0) is 18.0. The van der Waals surface area contributed by atoms with Crippen LogP contribution in [0.2, 0.25) is 5.02 Å². The Kier molecular flexibility index (Phi) is 4.81. The van der Waals surface area contributed by atoms with Crippen molar-refractivity contribution in [2.24, 2.45) is 0 Å². The first-order chi connectivity index (χ1) is 12.0. The lowest BCUT2D eigenvalue weighted by molar-refractivity contribution is -0.125. The number of fused-ring (bicyclic) bond motifs is 1. The van der Waals surface area contributed by atoms with Crippen molar-refractivity contribution in [3.05, 3.63) is 47.5 Å². The van der Waals surface area contributed by atoms with Crippen LogP contribution in [0.25, 0.3) is 0 Å². The van der Waals surface area contributed by atoms with Crippen molar-refractivity contribution in [3.63, 3.8) is 0 Å². The Labute approximate surface area is 150 Å². The van der Waals surface area contributed by atoms with Crippen molar-refractivity contribution >= 4 is 40.6 Å². The van der Waals surface area contributed by atoms with Gasteiger partial charge in [-0.1, -0.05) is 11.6 Å². The summed E-state index contributed by atoms with van der Waals surface area (Å²) in [6.07, 6.45) is -0.514. The molecule has 0 fully saturated rings. The van der Waals surface area contributed by atoms with Crippen LogP contribution in [0, 0.1) is 0 Å². The van der Waals surface area contributed by atoms with E-state index in [4.69, 9.17) is 16.3 Å². The quantitative estimate of drug-likeness (QED) is 0.866. The standard InChI is InChI=1S/C18H18ClN3O3/c1-3-22-15-10-14(8-9-16(15)25-11(2)17(22)23)21-18(24)20-13-6-4-12(19)5-7-13/h4-11H,3H2,1-2H3,(H2,20,21,24). The summed E-state index contributed by atoms with van der Waals surface area (Å²) in [5.41, 5.74) is 1.84. The Hall–Kier alpha value is -2.73. The van der Waals surface area contributed by atoms with Gasteiger partial charge in [-0.05, 0) is 56.3 Å². The van der Waals surface area contributed by atoms with E-state index in [1.807, 2.05) is 6.92 Å². The second-order valence-corrected chi connectivity index (χ2v) is 6.05. The van der Waals surface area contributed by atoms with E-state index < -0.39 is 6.10 Å². The highest BCUT2D eigenvalue weighted by Gasteiger charge is 2.30. The first-order valence-electron chi connectivity index (χ1n) is 7.93. The predicted molar refractivity (Wildman–Crippen MR) is 98.7 cm³/mol. The molecule has 1 unspecified atom stereocenters. The van der Waals surface area contributed by atoms with Crippen molar-refractivity contribution < 1.29 is 14.3 Å². The summed E-state index contributed by atoms with van der Waals surface area (Å²) in [5, 5.41) is 6.06. The van der Waals surface area contributed by atoms with Gasteiger partial charge in [0.05, 0.1) is 5.69 Å². The van der Waals surface area contributed by atoms with Crippen LogP contribution < -0.4 is 20.3 Å². The number of urea groups is 1. The molecule has 2 N–H and O–H groups in total. The molecule has 0 bridgehead atoms. The highest BCUT2D eigenvalue weighted by Crippen LogP contribution is 2.36. The maximum absolute atomic E-state index is 12.2. The second-order valence-electron chi connectivity index (χ2n) is 5.61. The van der Waals surface area contributed by atoms with Crippen molar-refractivity contribution in [3.8, 4) is 5.75 Å². The molecular formula is C18H18ClN3O3. The Morgan fingerprint density at radius 3 is 2.48 bits per heavy atom. The topological polar surface area (TPSA) is 70.7 Å². The molecule has 7 heteroatoms. The fraction of sp³-hybridized carbons (Fsp3) is 0.222. The lowest BCUT2D eigenvalue weighted by atomic mass is 10.1. The van der Waals surface area contributed by atoms with E-state index in [0.717, 1.165) is 0 Å². The van der Waals surface area contributed by atoms with Gasteiger partial charge in [-0.3, -0.25) is 4.79 Å². The van der Waals surface area contributed by atoms with Crippen LogP contribution in [0.15, 0.2) is 42.5 Å². The molecule has 0 spiro atoms. The van der Waals surface area contributed by atoms with Gasteiger partial charge >= 0.3 is 6.03 Å². The minimum absolute atomic E-state index is 0.0993. The number of carbonyl (C=O) groups excluding carboxylic acids is 2. The number of carbonyl (C=O) groups is 2. The smallest absolute Gasteiger partial charge is 0.323 e. The first-order valence-corrected chi connectivity index (χ1v) is 8.31. The molecule has 0 saturated carbocycles. The number of likely N-dealkylation sites (N-methyl/N-ethyl adjacent to an activating group) is 1. The largest absolute Gasteiger partial charge is 0.479 e. The average molecular weight is 360 g/mol. The van der Waals surface area contributed by atoms with Crippen LogP contribution >= 0.6 is 11.6 Å². The van der Waals surface area contributed by atoms with Gasteiger partial charge in [-0.2, -0.15) is 0 Å². The molecule has 1 atom stereocenters. The number of ether oxygens (including phenoxy) is 1. The van der Waals surface area contributed by atoms with Crippen molar-refractivity contribution in [2.45, 2.75) is 20.0 Å². The first kappa shape index (κ1) is 17.1. The summed E-state index contributed by atoms with van der Waals surface area (Å²) in [5.74, 6) is 0.523. The number of anilines is 3. The number of benzene rings is 2. The maximum atomic E-state index is 12.2. The summed E-state index contributed by atoms with van der Waals surface area (Å²) in [6, 6.07) is 11.6. The number of rotatable bonds is 3. The zero-order valence-corrected chi connectivity index (χ0v) is 14.6. The number of amides is 3. The van der Waals surface area contributed by atoms with Crippen molar-refractivity contribution in [2.75, 3.05) is 22.1 Å². The highest BCUT2D eigenvalue weighted by atomic mass is 35.5. The third-order valence-corrected chi connectivity index (χ3v) is 4.10. The Bertz CT molecular complexity index is 808. The van der Waals surface area contributed by atoms with E-state index in [-0.39, 0.29) is 11.9 Å². The fourth-order valence-corrected chi connectivity index (χ4v) is 2.76. The highest BCUT2D eigenvalue weighted by molar-refractivity contribution is 6.30. The molecule has 1 heterocycles. The van der Waals surface area contributed by atoms with Crippen LogP contribution in [0.4, 0.5) is 21.9 Å². The molecule has 0 aromatic heterocycles. The van der Waals surface area contributed by atoms with Gasteiger partial charge < -0.3 is 20.3 Å². The molecule has 1 aliphatic heterocycles. The molecule has 0 aliphatic carbocycles. The summed E-state index contributed by atoms with van der Waals surface area (Å²) in [6.45, 7) is 4.15. The van der Waals surface area contributed by atoms with Gasteiger partial charge in [-0.15, -0.1) is 0 Å². The summed E-state index contributed by atoms with van der Waals surface area (Å²) in [4.78, 5) is 26.0. The van der Waals surface area contributed by atoms with Gasteiger partial charge in [0.25, 0.3) is 5.91 Å². The number of nitrogens with one attached hydrogen (secondary N) is 2. The van der Waals surface area contributed by atoms with E-state index in [2.05, 4.69) is 10.6 Å². The molecule has 0 radical (unpaired) electrons. The molecule has 3 rings (SSSR count). The van der Waals surface area contributed by atoms with Crippen molar-refractivity contribution in [1.29, 1.82) is 0 Å². The monoisotopic (exact) mass is 359 g/mol. The van der Waals surface area contributed by atoms with Crippen LogP contribution in [0.3, 0.4) is 0 Å². The van der Waals surface area contributed by atoms with E-state index >= 15 is 0 Å². The minimum atomic E-state index is -0.514. The molecule has 6 nitrogen and oxygen atoms in total. The van der Waals surface area contributed by atoms with Crippen molar-refractivity contribution in [1.82, 2.24) is 0 Å². The normalized spacial score (nSPS) is 16.0. The van der Waals surface area contributed by atoms with E-state index in [1.54, 1.807) is 54.3 Å². The van der Waals surface area contributed by atoms with Gasteiger partial charge in [0.2, 0.25) is 0 Å². The third kappa shape index (κ3) is 3.69. The molecule has 2 aromatic rings. The molecule has 3 amide bonds. The van der Waals surface area contributed by atoms with Crippen LogP contribution in [0.5, 0.6) is 5.75 Å². The third-order valence-electron chi connectivity index (χ3n) is 3.84. The number of halogens is 1. The Morgan fingerprint density at radius 1 is 1.16 bits per heavy atom. The lowest BCUT2D eigenvalue weighted by Crippen LogP contribution is -2.44. The lowest BCUT2D eigenvalue weighted by Gasteiger charge is -2.32. The Morgan fingerprint density at radius 2 is 1.80 bits per heavy atom. The minimum Gasteiger partial charge on any atom is -0.479 e. The van der Waals surface area contributed by atoms with E-state index in [9.17, 15) is 9.59 Å². The predicted octanol–water partition coefficient (Wildman–Crippen LogP) is 4.12. The van der Waals surface area contributed by atoms with Gasteiger partial charge in [-0.25, -0.2) is 4.79 Å². The number of nitrogens with zero attached hydrogens (tertiary/aromatic N) is 1. The van der Waals surface area contributed by atoms with E-state index in [1.165, 1.54) is 0 Å². The van der Waals surface area contributed by atoms with Gasteiger partial charge in [0.1, 0.15) is 5.75 Å². The van der Waals surface area contributed by atoms with Crippen LogP contribution in [0.1, 0.15) is 13.8 Å². The second kappa shape index (κ2) is 7.03. The van der Waals surface area contributed by atoms with Crippen LogP contribution in [-0.4, -0.2) is 24.6 Å². The summed E-state index contributed by atoms with van der Waals surface area (Å²) >= 11 is 5.82. The van der Waals surface area contributed by atoms with Crippen LogP contribution in [-0.2, 0) is 4.79 Å². The summed E-state index contributed by atoms with van der Waals surface area (Å²) < 4.78 is 5.61. The molecule has 1 aliphatic rings. The molecule has 25 heavy (non-hydrogen) atoms. The molecule has 2 aromatic carbocycles. The molecular weight excluding hydrogens is 342 g/mol. The fourth-order valence-electron chi connectivity index (χ4n) is 2.64. The van der Waals surface area contributed by atoms with Gasteiger partial charge in [0, 0.05) is 22.9 Å². The SMILES string of the molecule is CCN1C(=O)C(C)Oc2ccc(NC(=O)Nc3ccc(Cl)cc3)cc21. The number of hydrogen-bond donors (Lipinski definition) is 2. The number of hydrogen-bond acceptors (Lipinski definition) is 3. The molecule has 130 valence electrons. The Balaban J connectivity index is 1.75. The van der Waals surface area contributed by atoms with Gasteiger partial charge in [0.15, 0.2) is 6.10 Å². The zero-order valence-electron chi connectivity index (χ0n) is 13.9. The maximum Gasteiger partial charge on any atom is 0.323 e. The summed E-state index contributed by atoms with van der Waals surface area (Å²) in [7, 11) is 0. The molecule has 0 saturated heterocycles.